The van der Waals surface area contributed by atoms with Gasteiger partial charge < -0.3 is 4.74 Å². The lowest BCUT2D eigenvalue weighted by Crippen LogP contribution is -1.99. The number of halogens is 1. The maximum absolute atomic E-state index is 10.8. The van der Waals surface area contributed by atoms with Crippen LogP contribution in [-0.4, -0.2) is 13.1 Å². The van der Waals surface area contributed by atoms with Gasteiger partial charge in [-0.1, -0.05) is 12.1 Å². The largest absolute Gasteiger partial charge is 0.469 e. The monoisotopic (exact) mass is 318 g/mol. The summed E-state index contributed by atoms with van der Waals surface area (Å²) in [6, 6.07) is 8.49. The predicted molar refractivity (Wildman–Crippen MR) is 68.7 cm³/mol. The zero-order valence-corrected chi connectivity index (χ0v) is 11.0. The van der Waals surface area contributed by atoms with E-state index in [1.54, 1.807) is 0 Å². The maximum atomic E-state index is 10.8. The first kappa shape index (κ1) is 12.5. The number of hydrogen-bond acceptors (Lipinski definition) is 2. The molecule has 0 amide bonds. The Hall–Kier alpha value is -0.580. The van der Waals surface area contributed by atoms with Gasteiger partial charge in [-0.15, -0.1) is 0 Å². The Kier molecular flexibility index (Phi) is 5.68. The Morgan fingerprint density at radius 2 is 1.93 bits per heavy atom. The van der Waals surface area contributed by atoms with Gasteiger partial charge in [0.25, 0.3) is 0 Å². The average Bonchev–Trinajstić information content (AvgIpc) is 2.26. The van der Waals surface area contributed by atoms with E-state index in [-0.39, 0.29) is 5.97 Å². The van der Waals surface area contributed by atoms with Crippen LogP contribution in [0.2, 0.25) is 0 Å². The molecule has 82 valence electrons. The first-order valence-electron chi connectivity index (χ1n) is 5.03. The van der Waals surface area contributed by atoms with Gasteiger partial charge in [0, 0.05) is 9.99 Å². The van der Waals surface area contributed by atoms with Crippen LogP contribution >= 0.6 is 22.6 Å². The third kappa shape index (κ3) is 5.16. The molecule has 0 heterocycles. The summed E-state index contributed by atoms with van der Waals surface area (Å²) in [6.45, 7) is 0. The maximum Gasteiger partial charge on any atom is 0.305 e. The SMILES string of the molecule is COC(=O)CCCCc1ccc(I)cc1. The Balaban J connectivity index is 2.20. The van der Waals surface area contributed by atoms with Gasteiger partial charge in [-0.3, -0.25) is 4.79 Å². The predicted octanol–water partition coefficient (Wildman–Crippen LogP) is 3.18. The fraction of sp³-hybridized carbons (Fsp3) is 0.417. The Morgan fingerprint density at radius 3 is 2.53 bits per heavy atom. The van der Waals surface area contributed by atoms with E-state index >= 15 is 0 Å². The smallest absolute Gasteiger partial charge is 0.305 e. The van der Waals surface area contributed by atoms with Crippen LogP contribution < -0.4 is 0 Å². The van der Waals surface area contributed by atoms with Crippen LogP contribution in [0.1, 0.15) is 24.8 Å². The second kappa shape index (κ2) is 6.82. The summed E-state index contributed by atoms with van der Waals surface area (Å²) in [6.07, 6.45) is 3.50. The van der Waals surface area contributed by atoms with Crippen molar-refractivity contribution in [3.8, 4) is 0 Å². The number of carbonyl (C=O) groups is 1. The third-order valence-electron chi connectivity index (χ3n) is 2.24. The summed E-state index contributed by atoms with van der Waals surface area (Å²) in [5, 5.41) is 0. The molecule has 0 aliphatic carbocycles. The van der Waals surface area contributed by atoms with Crippen LogP contribution in [-0.2, 0) is 16.0 Å². The number of rotatable bonds is 5. The van der Waals surface area contributed by atoms with E-state index in [2.05, 4.69) is 51.6 Å². The van der Waals surface area contributed by atoms with E-state index in [1.807, 2.05) is 0 Å². The molecule has 1 rings (SSSR count). The number of unbranched alkanes of at least 4 members (excludes halogenated alkanes) is 1. The van der Waals surface area contributed by atoms with E-state index < -0.39 is 0 Å². The molecule has 15 heavy (non-hydrogen) atoms. The van der Waals surface area contributed by atoms with Crippen molar-refractivity contribution < 1.29 is 9.53 Å². The molecule has 1 aromatic carbocycles. The van der Waals surface area contributed by atoms with E-state index in [9.17, 15) is 4.79 Å². The van der Waals surface area contributed by atoms with Crippen molar-refractivity contribution >= 4 is 28.6 Å². The number of benzene rings is 1. The minimum Gasteiger partial charge on any atom is -0.469 e. The lowest BCUT2D eigenvalue weighted by molar-refractivity contribution is -0.140. The van der Waals surface area contributed by atoms with Gasteiger partial charge in [0.2, 0.25) is 0 Å². The summed E-state index contributed by atoms with van der Waals surface area (Å²) >= 11 is 2.29. The van der Waals surface area contributed by atoms with Crippen molar-refractivity contribution in [2.24, 2.45) is 0 Å². The topological polar surface area (TPSA) is 26.3 Å². The summed E-state index contributed by atoms with van der Waals surface area (Å²) in [5.41, 5.74) is 1.33. The van der Waals surface area contributed by atoms with Gasteiger partial charge in [-0.05, 0) is 59.5 Å². The molecule has 3 heteroatoms. The highest BCUT2D eigenvalue weighted by Crippen LogP contribution is 2.10. The van der Waals surface area contributed by atoms with E-state index in [0.717, 1.165) is 19.3 Å². The molecular weight excluding hydrogens is 303 g/mol. The molecular formula is C12H15IO2. The molecule has 2 nitrogen and oxygen atoms in total. The minimum absolute atomic E-state index is 0.113. The molecule has 0 bridgehead atoms. The first-order valence-corrected chi connectivity index (χ1v) is 6.11. The summed E-state index contributed by atoms with van der Waals surface area (Å²) in [5.74, 6) is -0.113. The fourth-order valence-electron chi connectivity index (χ4n) is 1.35. The molecule has 0 aliphatic heterocycles. The molecule has 0 N–H and O–H groups in total. The molecule has 0 fully saturated rings. The lowest BCUT2D eigenvalue weighted by atomic mass is 10.1. The summed E-state index contributed by atoms with van der Waals surface area (Å²) < 4.78 is 5.83. The molecule has 0 unspecified atom stereocenters. The van der Waals surface area contributed by atoms with Crippen molar-refractivity contribution in [2.45, 2.75) is 25.7 Å². The van der Waals surface area contributed by atoms with Gasteiger partial charge in [0.1, 0.15) is 0 Å². The van der Waals surface area contributed by atoms with Crippen LogP contribution in [0.3, 0.4) is 0 Å². The Morgan fingerprint density at radius 1 is 1.27 bits per heavy atom. The van der Waals surface area contributed by atoms with Crippen molar-refractivity contribution in [3.05, 3.63) is 33.4 Å². The number of hydrogen-bond donors (Lipinski definition) is 0. The van der Waals surface area contributed by atoms with Crippen LogP contribution in [0.25, 0.3) is 0 Å². The highest BCUT2D eigenvalue weighted by atomic mass is 127. The second-order valence-corrected chi connectivity index (χ2v) is 4.66. The average molecular weight is 318 g/mol. The van der Waals surface area contributed by atoms with Crippen molar-refractivity contribution in [2.75, 3.05) is 7.11 Å². The quantitative estimate of drug-likeness (QED) is 0.473. The molecule has 0 saturated carbocycles. The fourth-order valence-corrected chi connectivity index (χ4v) is 1.71. The lowest BCUT2D eigenvalue weighted by Gasteiger charge is -2.01. The second-order valence-electron chi connectivity index (χ2n) is 3.41. The van der Waals surface area contributed by atoms with Crippen LogP contribution in [0.5, 0.6) is 0 Å². The first-order chi connectivity index (χ1) is 7.22. The third-order valence-corrected chi connectivity index (χ3v) is 2.96. The summed E-state index contributed by atoms with van der Waals surface area (Å²) in [4.78, 5) is 10.8. The zero-order chi connectivity index (χ0) is 11.1. The van der Waals surface area contributed by atoms with Crippen LogP contribution in [0.4, 0.5) is 0 Å². The number of esters is 1. The molecule has 0 aromatic heterocycles. The number of carbonyl (C=O) groups excluding carboxylic acids is 1. The highest BCUT2D eigenvalue weighted by Gasteiger charge is 1.99. The van der Waals surface area contributed by atoms with E-state index in [4.69, 9.17) is 0 Å². The Labute approximate surface area is 104 Å². The van der Waals surface area contributed by atoms with Gasteiger partial charge in [-0.2, -0.15) is 0 Å². The highest BCUT2D eigenvalue weighted by molar-refractivity contribution is 14.1. The molecule has 0 aliphatic rings. The minimum atomic E-state index is -0.113. The normalized spacial score (nSPS) is 10.0. The molecule has 0 radical (unpaired) electrons. The number of aryl methyl sites for hydroxylation is 1. The van der Waals surface area contributed by atoms with Gasteiger partial charge in [0.05, 0.1) is 7.11 Å². The Bertz CT molecular complexity index is 306. The van der Waals surface area contributed by atoms with Crippen molar-refractivity contribution in [3.63, 3.8) is 0 Å². The van der Waals surface area contributed by atoms with Gasteiger partial charge >= 0.3 is 5.97 Å². The van der Waals surface area contributed by atoms with Gasteiger partial charge in [-0.25, -0.2) is 0 Å². The number of ether oxygens (including phenoxy) is 1. The molecule has 1 aromatic rings. The van der Waals surface area contributed by atoms with E-state index in [1.165, 1.54) is 16.2 Å². The van der Waals surface area contributed by atoms with Gasteiger partial charge in [0.15, 0.2) is 0 Å². The summed E-state index contributed by atoms with van der Waals surface area (Å²) in [7, 11) is 1.43. The molecule has 0 spiro atoms. The van der Waals surface area contributed by atoms with Crippen molar-refractivity contribution in [1.29, 1.82) is 0 Å². The van der Waals surface area contributed by atoms with Crippen LogP contribution in [0, 0.1) is 3.57 Å². The standard InChI is InChI=1S/C12H15IO2/c1-15-12(14)5-3-2-4-10-6-8-11(13)9-7-10/h6-9H,2-5H2,1H3. The number of methoxy groups -OCH3 is 1. The molecule has 0 saturated heterocycles. The van der Waals surface area contributed by atoms with Crippen LogP contribution in [0.15, 0.2) is 24.3 Å². The van der Waals surface area contributed by atoms with E-state index in [0.29, 0.717) is 6.42 Å². The van der Waals surface area contributed by atoms with Crippen molar-refractivity contribution in [1.82, 2.24) is 0 Å². The zero-order valence-electron chi connectivity index (χ0n) is 8.83. The molecule has 0 atom stereocenters.